The van der Waals surface area contributed by atoms with Gasteiger partial charge in [-0.1, -0.05) is 13.3 Å². The van der Waals surface area contributed by atoms with Crippen molar-refractivity contribution in [2.45, 2.75) is 24.7 Å². The van der Waals surface area contributed by atoms with Crippen LogP contribution >= 0.6 is 15.9 Å². The molecule has 2 N–H and O–H groups in total. The summed E-state index contributed by atoms with van der Waals surface area (Å²) in [5, 5.41) is 4.93. The Labute approximate surface area is 126 Å². The summed E-state index contributed by atoms with van der Waals surface area (Å²) in [4.78, 5) is 13.0. The number of nitrogens with two attached hydrogens (primary N) is 1. The molecule has 0 saturated heterocycles. The van der Waals surface area contributed by atoms with E-state index in [1.807, 2.05) is 6.92 Å². The van der Waals surface area contributed by atoms with Crippen molar-refractivity contribution in [3.05, 3.63) is 28.0 Å². The van der Waals surface area contributed by atoms with Gasteiger partial charge in [0.2, 0.25) is 10.0 Å². The predicted octanol–water partition coefficient (Wildman–Crippen LogP) is 2.11. The van der Waals surface area contributed by atoms with Crippen LogP contribution in [-0.4, -0.2) is 32.8 Å². The first kappa shape index (κ1) is 17.1. The summed E-state index contributed by atoms with van der Waals surface area (Å²) in [5.74, 6) is -1.39. The van der Waals surface area contributed by atoms with E-state index >= 15 is 0 Å². The average molecular weight is 367 g/mol. The number of sulfonamides is 1. The Morgan fingerprint density at radius 2 is 2.05 bits per heavy atom. The molecule has 0 bridgehead atoms. The van der Waals surface area contributed by atoms with Crippen molar-refractivity contribution in [3.8, 4) is 0 Å². The van der Waals surface area contributed by atoms with Crippen molar-refractivity contribution in [3.63, 3.8) is 0 Å². The van der Waals surface area contributed by atoms with Gasteiger partial charge in [0.25, 0.3) is 5.91 Å². The van der Waals surface area contributed by atoms with Gasteiger partial charge in [0.15, 0.2) is 0 Å². The molecule has 0 heterocycles. The minimum Gasteiger partial charge on any atom is -0.342 e. The fourth-order valence-electron chi connectivity index (χ4n) is 1.61. The molecule has 1 aromatic carbocycles. The molecule has 112 valence electrons. The zero-order valence-electron chi connectivity index (χ0n) is 11.2. The van der Waals surface area contributed by atoms with Crippen LogP contribution in [-0.2, 0) is 10.0 Å². The first-order chi connectivity index (χ1) is 9.18. The van der Waals surface area contributed by atoms with E-state index in [0.29, 0.717) is 6.54 Å². The van der Waals surface area contributed by atoms with E-state index in [2.05, 4.69) is 15.9 Å². The topological polar surface area (TPSA) is 80.5 Å². The second kappa shape index (κ2) is 6.64. The van der Waals surface area contributed by atoms with Crippen molar-refractivity contribution in [1.82, 2.24) is 4.90 Å². The summed E-state index contributed by atoms with van der Waals surface area (Å²) in [5.41, 5.74) is 0.0639. The Bertz CT molecular complexity index is 619. The van der Waals surface area contributed by atoms with Crippen molar-refractivity contribution in [2.75, 3.05) is 13.6 Å². The Kier molecular flexibility index (Phi) is 5.67. The minimum absolute atomic E-state index is 0.0639. The lowest BCUT2D eigenvalue weighted by Crippen LogP contribution is -2.28. The van der Waals surface area contributed by atoms with E-state index in [-0.39, 0.29) is 10.0 Å². The van der Waals surface area contributed by atoms with Gasteiger partial charge in [-0.05, 0) is 34.5 Å². The number of benzene rings is 1. The van der Waals surface area contributed by atoms with Crippen LogP contribution in [0.4, 0.5) is 4.39 Å². The number of halogens is 2. The summed E-state index contributed by atoms with van der Waals surface area (Å²) in [6.07, 6.45) is 1.74. The molecule has 1 amide bonds. The molecule has 5 nitrogen and oxygen atoms in total. The molecule has 0 saturated carbocycles. The van der Waals surface area contributed by atoms with Crippen LogP contribution in [0.1, 0.15) is 30.1 Å². The maximum atomic E-state index is 13.6. The quantitative estimate of drug-likeness (QED) is 0.866. The van der Waals surface area contributed by atoms with Crippen molar-refractivity contribution >= 4 is 31.9 Å². The zero-order valence-corrected chi connectivity index (χ0v) is 13.6. The number of carbonyl (C=O) groups is 1. The summed E-state index contributed by atoms with van der Waals surface area (Å²) in [6, 6.07) is 1.89. The van der Waals surface area contributed by atoms with Crippen LogP contribution in [0.2, 0.25) is 0 Å². The van der Waals surface area contributed by atoms with Gasteiger partial charge in [-0.3, -0.25) is 4.79 Å². The Balaban J connectivity index is 3.22. The molecule has 0 atom stereocenters. The molecule has 0 radical (unpaired) electrons. The smallest absolute Gasteiger partial charge is 0.254 e. The summed E-state index contributed by atoms with van der Waals surface area (Å²) >= 11 is 3.06. The lowest BCUT2D eigenvalue weighted by molar-refractivity contribution is 0.0792. The summed E-state index contributed by atoms with van der Waals surface area (Å²) in [6.45, 7) is 2.52. The molecule has 1 rings (SSSR count). The second-order valence-corrected chi connectivity index (χ2v) is 6.77. The number of hydrogen-bond donors (Lipinski definition) is 1. The van der Waals surface area contributed by atoms with Gasteiger partial charge in [0.05, 0.1) is 5.56 Å². The molecule has 0 aliphatic carbocycles. The maximum absolute atomic E-state index is 13.6. The SMILES string of the molecule is CCCCN(C)C(=O)c1cc(S(N)(=O)=O)c(F)cc1Br. The third kappa shape index (κ3) is 4.00. The van der Waals surface area contributed by atoms with Gasteiger partial charge in [0.1, 0.15) is 10.7 Å². The van der Waals surface area contributed by atoms with Crippen molar-refractivity contribution in [2.24, 2.45) is 5.14 Å². The van der Waals surface area contributed by atoms with E-state index < -0.39 is 26.6 Å². The van der Waals surface area contributed by atoms with Crippen molar-refractivity contribution < 1.29 is 17.6 Å². The van der Waals surface area contributed by atoms with Crippen LogP contribution in [0, 0.1) is 5.82 Å². The summed E-state index contributed by atoms with van der Waals surface area (Å²) in [7, 11) is -2.61. The van der Waals surface area contributed by atoms with E-state index in [0.717, 1.165) is 25.0 Å². The number of primary sulfonamides is 1. The third-order valence-electron chi connectivity index (χ3n) is 2.75. The number of amides is 1. The lowest BCUT2D eigenvalue weighted by Gasteiger charge is -2.18. The molecule has 0 unspecified atom stereocenters. The zero-order chi connectivity index (χ0) is 15.5. The highest BCUT2D eigenvalue weighted by Crippen LogP contribution is 2.24. The highest BCUT2D eigenvalue weighted by molar-refractivity contribution is 9.10. The van der Waals surface area contributed by atoms with Gasteiger partial charge in [0, 0.05) is 18.1 Å². The Morgan fingerprint density at radius 1 is 1.45 bits per heavy atom. The first-order valence-electron chi connectivity index (χ1n) is 5.95. The molecular weight excluding hydrogens is 351 g/mol. The number of hydrogen-bond acceptors (Lipinski definition) is 3. The van der Waals surface area contributed by atoms with Gasteiger partial charge < -0.3 is 4.90 Å². The van der Waals surface area contributed by atoms with Crippen LogP contribution in [0.25, 0.3) is 0 Å². The monoisotopic (exact) mass is 366 g/mol. The number of rotatable bonds is 5. The first-order valence-corrected chi connectivity index (χ1v) is 8.29. The largest absolute Gasteiger partial charge is 0.342 e. The lowest BCUT2D eigenvalue weighted by atomic mass is 10.2. The number of nitrogens with zero attached hydrogens (tertiary/aromatic N) is 1. The van der Waals surface area contributed by atoms with E-state index in [9.17, 15) is 17.6 Å². The molecular formula is C12H16BrFN2O3S. The van der Waals surface area contributed by atoms with Gasteiger partial charge >= 0.3 is 0 Å². The molecule has 20 heavy (non-hydrogen) atoms. The predicted molar refractivity (Wildman–Crippen MR) is 77.3 cm³/mol. The summed E-state index contributed by atoms with van der Waals surface area (Å²) < 4.78 is 36.3. The van der Waals surface area contributed by atoms with Gasteiger partial charge in [-0.25, -0.2) is 17.9 Å². The van der Waals surface area contributed by atoms with Gasteiger partial charge in [-0.2, -0.15) is 0 Å². The van der Waals surface area contributed by atoms with Crippen LogP contribution in [0.3, 0.4) is 0 Å². The van der Waals surface area contributed by atoms with E-state index in [4.69, 9.17) is 5.14 Å². The van der Waals surface area contributed by atoms with Gasteiger partial charge in [-0.15, -0.1) is 0 Å². The van der Waals surface area contributed by atoms with E-state index in [1.165, 1.54) is 4.90 Å². The fraction of sp³-hybridized carbons (Fsp3) is 0.417. The number of unbranched alkanes of at least 4 members (excludes halogenated alkanes) is 1. The molecule has 1 aromatic rings. The highest BCUT2D eigenvalue weighted by Gasteiger charge is 2.22. The minimum atomic E-state index is -4.22. The Morgan fingerprint density at radius 3 is 2.55 bits per heavy atom. The van der Waals surface area contributed by atoms with Crippen LogP contribution < -0.4 is 5.14 Å². The third-order valence-corrected chi connectivity index (χ3v) is 4.33. The van der Waals surface area contributed by atoms with Crippen molar-refractivity contribution in [1.29, 1.82) is 0 Å². The van der Waals surface area contributed by atoms with E-state index in [1.54, 1.807) is 7.05 Å². The number of carbonyl (C=O) groups excluding carboxylic acids is 1. The maximum Gasteiger partial charge on any atom is 0.254 e. The standard InChI is InChI=1S/C12H16BrFN2O3S/c1-3-4-5-16(2)12(17)8-6-11(20(15,18)19)10(14)7-9(8)13/h6-7H,3-5H2,1-2H3,(H2,15,18,19). The second-order valence-electron chi connectivity index (χ2n) is 4.39. The molecule has 0 aliphatic rings. The average Bonchev–Trinajstić information content (AvgIpc) is 2.33. The van der Waals surface area contributed by atoms with Crippen LogP contribution in [0.5, 0.6) is 0 Å². The molecule has 0 aromatic heterocycles. The molecule has 0 spiro atoms. The Hall–Kier alpha value is -0.990. The molecule has 8 heteroatoms. The molecule has 0 aliphatic heterocycles. The molecule has 0 fully saturated rings. The fourth-order valence-corrected chi connectivity index (χ4v) is 2.71. The van der Waals surface area contributed by atoms with Crippen LogP contribution in [0.15, 0.2) is 21.5 Å². The normalized spacial score (nSPS) is 11.4. The highest BCUT2D eigenvalue weighted by atomic mass is 79.9.